The molecule has 0 aliphatic carbocycles. The standard InChI is InChI=1S/C15H11N3O2/c19-14-12-4-2-1-3-11(12)13(15(20)18-14)9-17-10-5-7-16-8-6-10/h1-9H,(H,16,17)(H,18,19,20). The highest BCUT2D eigenvalue weighted by atomic mass is 16.2. The molecule has 0 saturated heterocycles. The van der Waals surface area contributed by atoms with E-state index in [2.05, 4.69) is 15.6 Å². The number of hydrogen-bond acceptors (Lipinski definition) is 4. The molecule has 1 aromatic heterocycles. The van der Waals surface area contributed by atoms with Crippen molar-refractivity contribution in [2.45, 2.75) is 0 Å². The van der Waals surface area contributed by atoms with Gasteiger partial charge in [0, 0.05) is 35.4 Å². The van der Waals surface area contributed by atoms with Gasteiger partial charge in [-0.25, -0.2) is 0 Å². The molecular formula is C15H11N3O2. The molecule has 5 heteroatoms. The zero-order valence-corrected chi connectivity index (χ0v) is 10.5. The first-order chi connectivity index (χ1) is 9.75. The van der Waals surface area contributed by atoms with Gasteiger partial charge in [-0.15, -0.1) is 0 Å². The van der Waals surface area contributed by atoms with Crippen LogP contribution in [-0.2, 0) is 4.79 Å². The Bertz CT molecular complexity index is 708. The molecular weight excluding hydrogens is 254 g/mol. The van der Waals surface area contributed by atoms with Gasteiger partial charge in [0.25, 0.3) is 11.8 Å². The largest absolute Gasteiger partial charge is 0.361 e. The van der Waals surface area contributed by atoms with Crippen molar-refractivity contribution in [3.05, 3.63) is 66.1 Å². The predicted molar refractivity (Wildman–Crippen MR) is 74.8 cm³/mol. The molecule has 0 spiro atoms. The van der Waals surface area contributed by atoms with E-state index in [0.717, 1.165) is 5.69 Å². The van der Waals surface area contributed by atoms with Crippen LogP contribution in [0.25, 0.3) is 5.57 Å². The quantitative estimate of drug-likeness (QED) is 0.641. The van der Waals surface area contributed by atoms with Crippen LogP contribution in [0.2, 0.25) is 0 Å². The summed E-state index contributed by atoms with van der Waals surface area (Å²) < 4.78 is 0. The fourth-order valence-electron chi connectivity index (χ4n) is 2.02. The van der Waals surface area contributed by atoms with E-state index < -0.39 is 5.91 Å². The van der Waals surface area contributed by atoms with Crippen molar-refractivity contribution < 1.29 is 9.59 Å². The lowest BCUT2D eigenvalue weighted by molar-refractivity contribution is -0.114. The topological polar surface area (TPSA) is 71.1 Å². The number of anilines is 1. The third-order valence-electron chi connectivity index (χ3n) is 3.00. The summed E-state index contributed by atoms with van der Waals surface area (Å²) in [4.78, 5) is 27.6. The van der Waals surface area contributed by atoms with Crippen LogP contribution in [0.3, 0.4) is 0 Å². The first-order valence-corrected chi connectivity index (χ1v) is 6.07. The first kappa shape index (κ1) is 12.1. The molecule has 1 aliphatic rings. The van der Waals surface area contributed by atoms with Gasteiger partial charge < -0.3 is 5.32 Å². The molecule has 0 atom stereocenters. The zero-order chi connectivity index (χ0) is 13.9. The fraction of sp³-hybridized carbons (Fsp3) is 0. The zero-order valence-electron chi connectivity index (χ0n) is 10.5. The third-order valence-corrected chi connectivity index (χ3v) is 3.00. The SMILES string of the molecule is O=C1NC(=O)c2ccccc2C1=CNc1ccncc1. The Morgan fingerprint density at radius 3 is 2.40 bits per heavy atom. The number of amides is 2. The van der Waals surface area contributed by atoms with Gasteiger partial charge >= 0.3 is 0 Å². The number of nitrogens with zero attached hydrogens (tertiary/aromatic N) is 1. The van der Waals surface area contributed by atoms with E-state index in [9.17, 15) is 9.59 Å². The van der Waals surface area contributed by atoms with Crippen LogP contribution in [0.4, 0.5) is 5.69 Å². The van der Waals surface area contributed by atoms with Crippen molar-refractivity contribution in [2.24, 2.45) is 0 Å². The van der Waals surface area contributed by atoms with E-state index in [1.807, 2.05) is 0 Å². The van der Waals surface area contributed by atoms with Crippen LogP contribution in [0, 0.1) is 0 Å². The molecule has 1 aromatic carbocycles. The molecule has 1 aliphatic heterocycles. The van der Waals surface area contributed by atoms with Crippen LogP contribution in [0.1, 0.15) is 15.9 Å². The number of carbonyl (C=O) groups is 2. The van der Waals surface area contributed by atoms with E-state index in [4.69, 9.17) is 0 Å². The van der Waals surface area contributed by atoms with Gasteiger partial charge in [0.05, 0.1) is 5.57 Å². The van der Waals surface area contributed by atoms with Crippen molar-refractivity contribution >= 4 is 23.1 Å². The summed E-state index contributed by atoms with van der Waals surface area (Å²) in [6, 6.07) is 10.6. The van der Waals surface area contributed by atoms with E-state index >= 15 is 0 Å². The molecule has 98 valence electrons. The smallest absolute Gasteiger partial charge is 0.260 e. The monoisotopic (exact) mass is 265 g/mol. The summed E-state index contributed by atoms with van der Waals surface area (Å²) in [5.74, 6) is -0.776. The van der Waals surface area contributed by atoms with E-state index in [0.29, 0.717) is 16.7 Å². The maximum atomic E-state index is 11.9. The van der Waals surface area contributed by atoms with Crippen molar-refractivity contribution in [3.8, 4) is 0 Å². The number of hydrogen-bond donors (Lipinski definition) is 2. The molecule has 2 aromatic rings. The molecule has 0 unspecified atom stereocenters. The Morgan fingerprint density at radius 1 is 0.950 bits per heavy atom. The maximum absolute atomic E-state index is 11.9. The van der Waals surface area contributed by atoms with Crippen molar-refractivity contribution in [2.75, 3.05) is 5.32 Å². The second-order valence-electron chi connectivity index (χ2n) is 4.27. The highest BCUT2D eigenvalue weighted by molar-refractivity contribution is 6.31. The summed E-state index contributed by atoms with van der Waals surface area (Å²) in [7, 11) is 0. The van der Waals surface area contributed by atoms with Crippen molar-refractivity contribution in [1.82, 2.24) is 10.3 Å². The average molecular weight is 265 g/mol. The fourth-order valence-corrected chi connectivity index (χ4v) is 2.02. The number of nitrogens with one attached hydrogen (secondary N) is 2. The Labute approximate surface area is 115 Å². The number of rotatable bonds is 2. The van der Waals surface area contributed by atoms with Crippen LogP contribution in [-0.4, -0.2) is 16.8 Å². The summed E-state index contributed by atoms with van der Waals surface area (Å²) in [5, 5.41) is 5.35. The van der Waals surface area contributed by atoms with Gasteiger partial charge in [-0.05, 0) is 18.2 Å². The molecule has 2 N–H and O–H groups in total. The normalized spacial score (nSPS) is 15.7. The van der Waals surface area contributed by atoms with Crippen LogP contribution in [0.15, 0.2) is 55.0 Å². The lowest BCUT2D eigenvalue weighted by Gasteiger charge is -2.18. The van der Waals surface area contributed by atoms with E-state index in [1.54, 1.807) is 55.0 Å². The second kappa shape index (κ2) is 4.97. The number of pyridine rings is 1. The van der Waals surface area contributed by atoms with Crippen LogP contribution >= 0.6 is 0 Å². The Morgan fingerprint density at radius 2 is 1.65 bits per heavy atom. The summed E-state index contributed by atoms with van der Waals surface area (Å²) in [5.41, 5.74) is 2.37. The summed E-state index contributed by atoms with van der Waals surface area (Å²) >= 11 is 0. The minimum Gasteiger partial charge on any atom is -0.361 e. The molecule has 20 heavy (non-hydrogen) atoms. The van der Waals surface area contributed by atoms with Gasteiger partial charge in [0.15, 0.2) is 0 Å². The van der Waals surface area contributed by atoms with Crippen molar-refractivity contribution in [3.63, 3.8) is 0 Å². The van der Waals surface area contributed by atoms with Gasteiger partial charge in [-0.1, -0.05) is 18.2 Å². The number of carbonyl (C=O) groups excluding carboxylic acids is 2. The van der Waals surface area contributed by atoms with Crippen LogP contribution in [0.5, 0.6) is 0 Å². The molecule has 3 rings (SSSR count). The molecule has 2 amide bonds. The number of fused-ring (bicyclic) bond motifs is 1. The van der Waals surface area contributed by atoms with E-state index in [-0.39, 0.29) is 5.91 Å². The lowest BCUT2D eigenvalue weighted by atomic mass is 9.96. The van der Waals surface area contributed by atoms with Gasteiger partial charge in [-0.3, -0.25) is 19.9 Å². The minimum atomic E-state index is -0.407. The van der Waals surface area contributed by atoms with Gasteiger partial charge in [0.2, 0.25) is 0 Å². The minimum absolute atomic E-state index is 0.369. The number of imide groups is 1. The van der Waals surface area contributed by atoms with Crippen molar-refractivity contribution in [1.29, 1.82) is 0 Å². The number of aromatic nitrogens is 1. The Hall–Kier alpha value is -2.95. The Balaban J connectivity index is 1.98. The summed E-state index contributed by atoms with van der Waals surface area (Å²) in [6.07, 6.45) is 4.90. The molecule has 2 heterocycles. The third kappa shape index (κ3) is 2.16. The molecule has 0 bridgehead atoms. The molecule has 0 saturated carbocycles. The number of benzene rings is 1. The average Bonchev–Trinajstić information content (AvgIpc) is 2.48. The maximum Gasteiger partial charge on any atom is 0.260 e. The van der Waals surface area contributed by atoms with Gasteiger partial charge in [-0.2, -0.15) is 0 Å². The highest BCUT2D eigenvalue weighted by Crippen LogP contribution is 2.23. The molecule has 5 nitrogen and oxygen atoms in total. The van der Waals surface area contributed by atoms with Crippen LogP contribution < -0.4 is 10.6 Å². The molecule has 0 radical (unpaired) electrons. The second-order valence-corrected chi connectivity index (χ2v) is 4.27. The van der Waals surface area contributed by atoms with E-state index in [1.165, 1.54) is 0 Å². The van der Waals surface area contributed by atoms with Gasteiger partial charge in [0.1, 0.15) is 0 Å². The highest BCUT2D eigenvalue weighted by Gasteiger charge is 2.26. The predicted octanol–water partition coefficient (Wildman–Crippen LogP) is 1.80. The summed E-state index contributed by atoms with van der Waals surface area (Å²) in [6.45, 7) is 0. The first-order valence-electron chi connectivity index (χ1n) is 6.07. The Kier molecular flexibility index (Phi) is 3.01. The molecule has 0 fully saturated rings. The lowest BCUT2D eigenvalue weighted by Crippen LogP contribution is -2.36.